The maximum Gasteiger partial charge on any atom is 0.240 e. The molecule has 0 bridgehead atoms. The zero-order chi connectivity index (χ0) is 24.1. The molecular weight excluding hydrogens is 496 g/mol. The number of nitrogens with zero attached hydrogens (tertiary/aromatic N) is 4. The second-order valence-corrected chi connectivity index (χ2v) is 10.6. The maximum atomic E-state index is 12.5. The van der Waals surface area contributed by atoms with Crippen molar-refractivity contribution in [3.63, 3.8) is 0 Å². The predicted octanol–water partition coefficient (Wildman–Crippen LogP) is 3.34. The van der Waals surface area contributed by atoms with E-state index >= 15 is 0 Å². The molecule has 0 radical (unpaired) electrons. The first-order valence-corrected chi connectivity index (χ1v) is 13.1. The minimum atomic E-state index is -3.62. The summed E-state index contributed by atoms with van der Waals surface area (Å²) in [6.07, 6.45) is 0.296. The highest BCUT2D eigenvalue weighted by Gasteiger charge is 2.15. The van der Waals surface area contributed by atoms with Crippen LogP contribution in [0.15, 0.2) is 70.6 Å². The number of thioether (sulfide) groups is 1. The third-order valence-electron chi connectivity index (χ3n) is 4.75. The van der Waals surface area contributed by atoms with Crippen LogP contribution in [0.4, 0.5) is 5.69 Å². The minimum Gasteiger partial charge on any atom is -0.325 e. The number of amides is 1. The number of aromatic nitrogens is 4. The molecule has 0 saturated heterocycles. The van der Waals surface area contributed by atoms with E-state index in [0.717, 1.165) is 5.56 Å². The van der Waals surface area contributed by atoms with Crippen molar-refractivity contribution in [2.24, 2.45) is 0 Å². The zero-order valence-electron chi connectivity index (χ0n) is 18.1. The number of anilines is 1. The average molecular weight is 517 g/mol. The van der Waals surface area contributed by atoms with Crippen molar-refractivity contribution in [3.05, 3.63) is 77.1 Å². The Hall–Kier alpha value is -2.99. The first kappa shape index (κ1) is 24.1. The van der Waals surface area contributed by atoms with Gasteiger partial charge < -0.3 is 5.32 Å². The summed E-state index contributed by atoms with van der Waals surface area (Å²) in [5.41, 5.74) is 2.18. The van der Waals surface area contributed by atoms with Crippen LogP contribution in [0, 0.1) is 6.92 Å². The molecular formula is C22H21ClN6O3S2. The Kier molecular flexibility index (Phi) is 7.47. The van der Waals surface area contributed by atoms with E-state index in [9.17, 15) is 13.2 Å². The standard InChI is InChI=1S/C22H21ClN6O3S2/c1-15-2-8-18(9-3-15)34(31,32)24-13-12-20-27-26-19-10-11-22(28-29(19)20)33-14-21(30)25-17-6-4-16(23)5-7-17/h2-11,24H,12-14H2,1H3,(H,25,30). The molecule has 0 atom stereocenters. The van der Waals surface area contributed by atoms with E-state index in [-0.39, 0.29) is 23.1 Å². The molecule has 0 aliphatic rings. The molecule has 0 aliphatic carbocycles. The second-order valence-electron chi connectivity index (χ2n) is 7.36. The number of hydrogen-bond acceptors (Lipinski definition) is 7. The Bertz CT molecular complexity index is 1410. The molecule has 4 rings (SSSR count). The fourth-order valence-corrected chi connectivity index (χ4v) is 4.83. The van der Waals surface area contributed by atoms with Crippen LogP contribution in [0.2, 0.25) is 5.02 Å². The molecule has 34 heavy (non-hydrogen) atoms. The Morgan fingerprint density at radius 3 is 2.50 bits per heavy atom. The van der Waals surface area contributed by atoms with Gasteiger partial charge in [0.1, 0.15) is 5.03 Å². The second kappa shape index (κ2) is 10.5. The average Bonchev–Trinajstić information content (AvgIpc) is 3.22. The van der Waals surface area contributed by atoms with Crippen LogP contribution in [-0.2, 0) is 21.2 Å². The summed E-state index contributed by atoms with van der Waals surface area (Å²) in [4.78, 5) is 12.4. The van der Waals surface area contributed by atoms with E-state index in [0.29, 0.717) is 33.6 Å². The lowest BCUT2D eigenvalue weighted by molar-refractivity contribution is -0.113. The van der Waals surface area contributed by atoms with Gasteiger partial charge in [0.2, 0.25) is 15.9 Å². The SMILES string of the molecule is Cc1ccc(S(=O)(=O)NCCc2nnc3ccc(SCC(=O)Nc4ccc(Cl)cc4)nn23)cc1. The Morgan fingerprint density at radius 1 is 1.03 bits per heavy atom. The molecule has 0 fully saturated rings. The van der Waals surface area contributed by atoms with E-state index in [1.807, 2.05) is 6.92 Å². The molecule has 176 valence electrons. The van der Waals surface area contributed by atoms with Crippen molar-refractivity contribution in [2.45, 2.75) is 23.3 Å². The van der Waals surface area contributed by atoms with E-state index < -0.39 is 10.0 Å². The van der Waals surface area contributed by atoms with Gasteiger partial charge in [-0.15, -0.1) is 10.2 Å². The summed E-state index contributed by atoms with van der Waals surface area (Å²) in [5, 5.41) is 16.7. The van der Waals surface area contributed by atoms with Crippen molar-refractivity contribution in [1.29, 1.82) is 0 Å². The predicted molar refractivity (Wildman–Crippen MR) is 132 cm³/mol. The summed E-state index contributed by atoms with van der Waals surface area (Å²) in [6.45, 7) is 2.03. The molecule has 0 aliphatic heterocycles. The molecule has 0 saturated carbocycles. The van der Waals surface area contributed by atoms with Crippen molar-refractivity contribution in [3.8, 4) is 0 Å². The quantitative estimate of drug-likeness (QED) is 0.327. The van der Waals surface area contributed by atoms with Crippen LogP contribution < -0.4 is 10.0 Å². The number of hydrogen-bond donors (Lipinski definition) is 2. The van der Waals surface area contributed by atoms with Gasteiger partial charge in [0.25, 0.3) is 0 Å². The van der Waals surface area contributed by atoms with E-state index in [4.69, 9.17) is 11.6 Å². The number of rotatable bonds is 9. The third-order valence-corrected chi connectivity index (χ3v) is 7.40. The normalized spacial score (nSPS) is 11.6. The molecule has 0 unspecified atom stereocenters. The van der Waals surface area contributed by atoms with Crippen molar-refractivity contribution >= 4 is 50.6 Å². The Labute approximate surface area is 206 Å². The van der Waals surface area contributed by atoms with Crippen LogP contribution in [0.1, 0.15) is 11.4 Å². The fourth-order valence-electron chi connectivity index (χ4n) is 3.02. The van der Waals surface area contributed by atoms with Crippen LogP contribution in [-0.4, -0.2) is 46.4 Å². The first-order chi connectivity index (χ1) is 16.3. The van der Waals surface area contributed by atoms with E-state index in [2.05, 4.69) is 25.3 Å². The maximum absolute atomic E-state index is 12.5. The lowest BCUT2D eigenvalue weighted by Crippen LogP contribution is -2.26. The number of fused-ring (bicyclic) bond motifs is 1. The van der Waals surface area contributed by atoms with Gasteiger partial charge in [0.15, 0.2) is 11.5 Å². The molecule has 9 nitrogen and oxygen atoms in total. The first-order valence-electron chi connectivity index (χ1n) is 10.3. The van der Waals surface area contributed by atoms with Gasteiger partial charge >= 0.3 is 0 Å². The summed E-state index contributed by atoms with van der Waals surface area (Å²) in [6, 6.07) is 17.0. The van der Waals surface area contributed by atoms with Crippen LogP contribution >= 0.6 is 23.4 Å². The van der Waals surface area contributed by atoms with Gasteiger partial charge in [0, 0.05) is 23.7 Å². The van der Waals surface area contributed by atoms with Crippen molar-refractivity contribution in [2.75, 3.05) is 17.6 Å². The summed E-state index contributed by atoms with van der Waals surface area (Å²) >= 11 is 7.12. The number of carbonyl (C=O) groups is 1. The Morgan fingerprint density at radius 2 is 1.76 bits per heavy atom. The molecule has 2 N–H and O–H groups in total. The van der Waals surface area contributed by atoms with Gasteiger partial charge in [-0.25, -0.2) is 13.1 Å². The highest BCUT2D eigenvalue weighted by atomic mass is 35.5. The monoisotopic (exact) mass is 516 g/mol. The number of halogens is 1. The molecule has 2 aromatic carbocycles. The number of nitrogens with one attached hydrogen (secondary N) is 2. The lowest BCUT2D eigenvalue weighted by Gasteiger charge is -2.07. The van der Waals surface area contributed by atoms with Gasteiger partial charge in [0.05, 0.1) is 10.6 Å². The summed E-state index contributed by atoms with van der Waals surface area (Å²) in [7, 11) is -3.62. The molecule has 2 heterocycles. The van der Waals surface area contributed by atoms with E-state index in [1.54, 1.807) is 65.2 Å². The third kappa shape index (κ3) is 6.11. The number of carbonyl (C=O) groups excluding carboxylic acids is 1. The van der Waals surface area contributed by atoms with Crippen LogP contribution in [0.25, 0.3) is 5.65 Å². The number of benzene rings is 2. The number of sulfonamides is 1. The van der Waals surface area contributed by atoms with Crippen LogP contribution in [0.5, 0.6) is 0 Å². The zero-order valence-corrected chi connectivity index (χ0v) is 20.5. The smallest absolute Gasteiger partial charge is 0.240 e. The molecule has 12 heteroatoms. The fraction of sp³-hybridized carbons (Fsp3) is 0.182. The summed E-state index contributed by atoms with van der Waals surface area (Å²) in [5.74, 6) is 0.493. The highest BCUT2D eigenvalue weighted by molar-refractivity contribution is 7.99. The topological polar surface area (TPSA) is 118 Å². The van der Waals surface area contributed by atoms with Gasteiger partial charge in [-0.1, -0.05) is 41.1 Å². The number of aryl methyl sites for hydroxylation is 1. The van der Waals surface area contributed by atoms with Gasteiger partial charge in [-0.05, 0) is 55.5 Å². The highest BCUT2D eigenvalue weighted by Crippen LogP contribution is 2.18. The van der Waals surface area contributed by atoms with Crippen LogP contribution in [0.3, 0.4) is 0 Å². The summed E-state index contributed by atoms with van der Waals surface area (Å²) < 4.78 is 29.1. The molecule has 4 aromatic rings. The largest absolute Gasteiger partial charge is 0.325 e. The van der Waals surface area contributed by atoms with E-state index in [1.165, 1.54) is 11.8 Å². The molecule has 1 amide bonds. The molecule has 2 aromatic heterocycles. The Balaban J connectivity index is 1.35. The van der Waals surface area contributed by atoms with Gasteiger partial charge in [-0.2, -0.15) is 9.61 Å². The van der Waals surface area contributed by atoms with Crippen molar-refractivity contribution < 1.29 is 13.2 Å². The molecule has 0 spiro atoms. The van der Waals surface area contributed by atoms with Crippen molar-refractivity contribution in [1.82, 2.24) is 24.5 Å². The van der Waals surface area contributed by atoms with Gasteiger partial charge in [-0.3, -0.25) is 4.79 Å². The minimum absolute atomic E-state index is 0.138. The lowest BCUT2D eigenvalue weighted by atomic mass is 10.2.